The van der Waals surface area contributed by atoms with Crippen molar-refractivity contribution in [2.75, 3.05) is 6.61 Å². The topological polar surface area (TPSA) is 97.8 Å². The Morgan fingerprint density at radius 3 is 2.68 bits per heavy atom. The fourth-order valence-electron chi connectivity index (χ4n) is 5.44. The van der Waals surface area contributed by atoms with Crippen LogP contribution in [0, 0.1) is 5.92 Å². The fourth-order valence-corrected chi connectivity index (χ4v) is 5.44. The minimum Gasteiger partial charge on any atom is -0.452 e. The second-order valence-electron chi connectivity index (χ2n) is 11.0. The first kappa shape index (κ1) is 28.0. The summed E-state index contributed by atoms with van der Waals surface area (Å²) in [6.07, 6.45) is 14.3. The second kappa shape index (κ2) is 13.2. The number of hydrogen-bond donors (Lipinski definition) is 2. The smallest absolute Gasteiger partial charge is 0.331 e. The summed E-state index contributed by atoms with van der Waals surface area (Å²) in [4.78, 5) is 12.6. The summed E-state index contributed by atoms with van der Waals surface area (Å²) in [6, 6.07) is 0. The maximum Gasteiger partial charge on any atom is 0.331 e. The molecule has 0 aromatic carbocycles. The number of esters is 1. The van der Waals surface area contributed by atoms with E-state index in [9.17, 15) is 15.0 Å². The van der Waals surface area contributed by atoms with Gasteiger partial charge in [-0.15, -0.1) is 0 Å². The van der Waals surface area contributed by atoms with Gasteiger partial charge in [0.2, 0.25) is 0 Å². The highest BCUT2D eigenvalue weighted by molar-refractivity contribution is 5.82. The number of hydrogen-bond acceptors (Lipinski definition) is 7. The minimum absolute atomic E-state index is 0.0904. The molecular weight excluding hydrogens is 472 g/mol. The molecule has 7 heteroatoms. The SMILES string of the molecule is C=C1C[C@H](C)C[C@@H]2CC=C[C@@H](C/C=C\C(=O)O[C@H](/C=C/[C@@H]3CC(C)=CCO3)[C@@H](O)C[C@H]3O[C@@H]3[C@H](O)C1)O2. The first-order valence-corrected chi connectivity index (χ1v) is 13.6. The lowest BCUT2D eigenvalue weighted by atomic mass is 9.91. The minimum atomic E-state index is -0.980. The molecule has 0 amide bonds. The van der Waals surface area contributed by atoms with Crippen LogP contribution in [-0.4, -0.2) is 71.6 Å². The van der Waals surface area contributed by atoms with Crippen LogP contribution in [0.1, 0.15) is 58.8 Å². The maximum absolute atomic E-state index is 12.6. The number of aliphatic hydroxyl groups is 2. The molecule has 4 aliphatic heterocycles. The third-order valence-electron chi connectivity index (χ3n) is 7.43. The zero-order valence-corrected chi connectivity index (χ0v) is 22.0. The Labute approximate surface area is 220 Å². The summed E-state index contributed by atoms with van der Waals surface area (Å²) in [6.45, 7) is 8.96. The molecule has 0 aliphatic carbocycles. The first-order valence-electron chi connectivity index (χ1n) is 13.6. The highest BCUT2D eigenvalue weighted by Gasteiger charge is 2.46. The highest BCUT2D eigenvalue weighted by atomic mass is 16.6. The van der Waals surface area contributed by atoms with Gasteiger partial charge in [0.1, 0.15) is 12.2 Å². The maximum atomic E-state index is 12.6. The molecule has 2 bridgehead atoms. The van der Waals surface area contributed by atoms with Gasteiger partial charge in [0.05, 0.1) is 43.2 Å². The number of rotatable bonds is 2. The average molecular weight is 515 g/mol. The fraction of sp³-hybridized carbons (Fsp3) is 0.633. The number of carbonyl (C=O) groups excluding carboxylic acids is 1. The van der Waals surface area contributed by atoms with E-state index in [1.807, 2.05) is 18.2 Å². The van der Waals surface area contributed by atoms with Gasteiger partial charge in [-0.25, -0.2) is 4.79 Å². The van der Waals surface area contributed by atoms with Crippen LogP contribution in [0.25, 0.3) is 0 Å². The molecule has 0 unspecified atom stereocenters. The van der Waals surface area contributed by atoms with Crippen molar-refractivity contribution >= 4 is 5.97 Å². The number of fused-ring (bicyclic) bond motifs is 3. The molecule has 2 N–H and O–H groups in total. The number of cyclic esters (lactones) is 1. The molecule has 37 heavy (non-hydrogen) atoms. The number of carbonyl (C=O) groups is 1. The van der Waals surface area contributed by atoms with E-state index in [0.29, 0.717) is 25.4 Å². The molecule has 4 rings (SSSR count). The summed E-state index contributed by atoms with van der Waals surface area (Å²) >= 11 is 0. The first-order chi connectivity index (χ1) is 17.8. The zero-order valence-electron chi connectivity index (χ0n) is 22.0. The van der Waals surface area contributed by atoms with Crippen LogP contribution in [0.5, 0.6) is 0 Å². The van der Waals surface area contributed by atoms with E-state index in [1.54, 1.807) is 12.2 Å². The van der Waals surface area contributed by atoms with Crippen LogP contribution in [0.4, 0.5) is 0 Å². The molecule has 0 saturated carbocycles. The second-order valence-corrected chi connectivity index (χ2v) is 11.0. The third-order valence-corrected chi connectivity index (χ3v) is 7.43. The van der Waals surface area contributed by atoms with Gasteiger partial charge in [-0.3, -0.25) is 0 Å². The van der Waals surface area contributed by atoms with Gasteiger partial charge < -0.3 is 29.2 Å². The lowest BCUT2D eigenvalue weighted by molar-refractivity contribution is -0.145. The number of aliphatic hydroxyl groups excluding tert-OH is 2. The van der Waals surface area contributed by atoms with Crippen LogP contribution < -0.4 is 0 Å². The zero-order chi connectivity index (χ0) is 26.4. The van der Waals surface area contributed by atoms with E-state index in [1.165, 1.54) is 11.6 Å². The molecule has 0 aromatic rings. The van der Waals surface area contributed by atoms with Gasteiger partial charge in [0, 0.05) is 12.5 Å². The van der Waals surface area contributed by atoms with E-state index in [0.717, 1.165) is 31.3 Å². The van der Waals surface area contributed by atoms with Crippen LogP contribution in [0.2, 0.25) is 0 Å². The van der Waals surface area contributed by atoms with Gasteiger partial charge in [-0.2, -0.15) is 0 Å². The summed E-state index contributed by atoms with van der Waals surface area (Å²) < 4.78 is 23.3. The molecule has 4 aliphatic rings. The van der Waals surface area contributed by atoms with Gasteiger partial charge in [0.15, 0.2) is 0 Å². The predicted molar refractivity (Wildman–Crippen MR) is 141 cm³/mol. The van der Waals surface area contributed by atoms with E-state index in [4.69, 9.17) is 18.9 Å². The van der Waals surface area contributed by atoms with Crippen LogP contribution in [0.15, 0.2) is 60.3 Å². The van der Waals surface area contributed by atoms with E-state index < -0.39 is 24.3 Å². The van der Waals surface area contributed by atoms with E-state index in [-0.39, 0.29) is 36.9 Å². The molecule has 1 fully saturated rings. The van der Waals surface area contributed by atoms with Crippen LogP contribution >= 0.6 is 0 Å². The Bertz CT molecular complexity index is 919. The summed E-state index contributed by atoms with van der Waals surface area (Å²) in [5.41, 5.74) is 2.23. The van der Waals surface area contributed by atoms with Crippen molar-refractivity contribution in [3.8, 4) is 0 Å². The normalized spacial score (nSPS) is 41.1. The van der Waals surface area contributed by atoms with Crippen LogP contribution in [-0.2, 0) is 23.7 Å². The van der Waals surface area contributed by atoms with Crippen molar-refractivity contribution in [2.24, 2.45) is 5.92 Å². The monoisotopic (exact) mass is 514 g/mol. The standard InChI is InChI=1S/C30H42O7/c1-19-12-13-34-23(15-19)10-11-27-25(31)18-28-30(37-28)26(32)17-21(3)14-20(2)16-24-8-4-6-22(35-24)7-5-9-29(33)36-27/h4-6,9-12,20,22-28,30-32H,3,7-8,13-18H2,1-2H3/b9-5-,11-10+/t20-,22-,23+,24-,25-,26+,27+,28+,30+/m0/s1. The summed E-state index contributed by atoms with van der Waals surface area (Å²) in [5, 5.41) is 21.7. The van der Waals surface area contributed by atoms with Crippen molar-refractivity contribution in [1.82, 2.24) is 0 Å². The molecule has 204 valence electrons. The summed E-state index contributed by atoms with van der Waals surface area (Å²) in [7, 11) is 0. The lowest BCUT2D eigenvalue weighted by Gasteiger charge is -2.28. The Kier molecular flexibility index (Phi) is 9.96. The van der Waals surface area contributed by atoms with Gasteiger partial charge >= 0.3 is 5.97 Å². The highest BCUT2D eigenvalue weighted by Crippen LogP contribution is 2.34. The van der Waals surface area contributed by atoms with E-state index >= 15 is 0 Å². The third kappa shape index (κ3) is 8.76. The largest absolute Gasteiger partial charge is 0.452 e. The van der Waals surface area contributed by atoms with Gasteiger partial charge in [0.25, 0.3) is 0 Å². The average Bonchev–Trinajstić information content (AvgIpc) is 3.60. The molecule has 7 nitrogen and oxygen atoms in total. The lowest BCUT2D eigenvalue weighted by Crippen LogP contribution is -2.32. The Morgan fingerprint density at radius 2 is 1.86 bits per heavy atom. The van der Waals surface area contributed by atoms with Crippen molar-refractivity contribution in [3.63, 3.8) is 0 Å². The molecule has 0 spiro atoms. The molecule has 4 heterocycles. The molecular formula is C30H42O7. The van der Waals surface area contributed by atoms with Crippen molar-refractivity contribution < 1.29 is 34.0 Å². The predicted octanol–water partition coefficient (Wildman–Crippen LogP) is 4.11. The number of epoxide rings is 1. The molecule has 1 saturated heterocycles. The van der Waals surface area contributed by atoms with Crippen LogP contribution in [0.3, 0.4) is 0 Å². The van der Waals surface area contributed by atoms with Gasteiger partial charge in [-0.05, 0) is 57.4 Å². The molecule has 0 aromatic heterocycles. The Balaban J connectivity index is 1.46. The molecule has 0 radical (unpaired) electrons. The summed E-state index contributed by atoms with van der Waals surface area (Å²) in [5.74, 6) is -0.149. The van der Waals surface area contributed by atoms with Crippen molar-refractivity contribution in [3.05, 3.63) is 60.3 Å². The Morgan fingerprint density at radius 1 is 1.03 bits per heavy atom. The molecule has 9 atom stereocenters. The Hall–Kier alpha value is -2.03. The van der Waals surface area contributed by atoms with Crippen molar-refractivity contribution in [1.29, 1.82) is 0 Å². The number of ether oxygens (including phenoxy) is 4. The van der Waals surface area contributed by atoms with Gasteiger partial charge in [-0.1, -0.05) is 55.0 Å². The van der Waals surface area contributed by atoms with E-state index in [2.05, 4.69) is 26.5 Å². The van der Waals surface area contributed by atoms with Crippen molar-refractivity contribution in [2.45, 2.75) is 108 Å². The quantitative estimate of drug-likeness (QED) is 0.325.